The zero-order valence-corrected chi connectivity index (χ0v) is 14.2. The normalized spacial score (nSPS) is 11.6. The maximum Gasteiger partial charge on any atom is 0.138 e. The lowest BCUT2D eigenvalue weighted by Gasteiger charge is -2.13. The number of benzene rings is 1. The van der Waals surface area contributed by atoms with E-state index in [0.29, 0.717) is 0 Å². The van der Waals surface area contributed by atoms with Gasteiger partial charge in [0, 0.05) is 23.5 Å². The first kappa shape index (κ1) is 16.7. The summed E-state index contributed by atoms with van der Waals surface area (Å²) in [5.41, 5.74) is 2.19. The van der Waals surface area contributed by atoms with Crippen molar-refractivity contribution in [1.29, 1.82) is 0 Å². The number of imidazole rings is 1. The van der Waals surface area contributed by atoms with Gasteiger partial charge in [0.25, 0.3) is 0 Å². The van der Waals surface area contributed by atoms with E-state index >= 15 is 0 Å². The molecule has 1 N–H and O–H groups in total. The second kappa shape index (κ2) is 9.36. The van der Waals surface area contributed by atoms with Gasteiger partial charge in [0.2, 0.25) is 0 Å². The summed E-state index contributed by atoms with van der Waals surface area (Å²) in [6.45, 7) is 5.11. The van der Waals surface area contributed by atoms with Crippen LogP contribution in [-0.2, 0) is 0 Å². The number of hydrogen-bond donors (Lipinski definition) is 1. The van der Waals surface area contributed by atoms with Crippen LogP contribution in [0.4, 0.5) is 0 Å². The SMILES string of the molecule is CCCCOc1ccccc1/C(=C/SCCC)c1ncc[nH]1. The summed E-state index contributed by atoms with van der Waals surface area (Å²) in [4.78, 5) is 7.63. The molecule has 22 heavy (non-hydrogen) atoms. The van der Waals surface area contributed by atoms with E-state index in [1.54, 1.807) is 6.20 Å². The predicted octanol–water partition coefficient (Wildman–Crippen LogP) is 5.12. The second-order valence-electron chi connectivity index (χ2n) is 5.04. The van der Waals surface area contributed by atoms with Crippen LogP contribution in [0.1, 0.15) is 44.5 Å². The van der Waals surface area contributed by atoms with Crippen molar-refractivity contribution in [1.82, 2.24) is 9.97 Å². The first-order chi connectivity index (χ1) is 10.9. The highest BCUT2D eigenvalue weighted by atomic mass is 32.2. The number of H-pyrrole nitrogens is 1. The molecule has 0 aliphatic heterocycles. The molecule has 0 spiro atoms. The van der Waals surface area contributed by atoms with Gasteiger partial charge in [-0.2, -0.15) is 0 Å². The number of thioether (sulfide) groups is 1. The van der Waals surface area contributed by atoms with Crippen LogP contribution in [-0.4, -0.2) is 22.3 Å². The molecule has 0 radical (unpaired) electrons. The number of aromatic amines is 1. The minimum absolute atomic E-state index is 0.751. The molecule has 0 saturated heterocycles. The molecule has 0 amide bonds. The smallest absolute Gasteiger partial charge is 0.138 e. The fraction of sp³-hybridized carbons (Fsp3) is 0.389. The van der Waals surface area contributed by atoms with Crippen molar-refractivity contribution >= 4 is 17.3 Å². The van der Waals surface area contributed by atoms with Crippen LogP contribution in [0.25, 0.3) is 5.57 Å². The number of aromatic nitrogens is 2. The third kappa shape index (κ3) is 4.67. The Morgan fingerprint density at radius 2 is 2.14 bits per heavy atom. The molecule has 1 aromatic heterocycles. The topological polar surface area (TPSA) is 37.9 Å². The minimum atomic E-state index is 0.751. The monoisotopic (exact) mass is 316 g/mol. The predicted molar refractivity (Wildman–Crippen MR) is 95.3 cm³/mol. The van der Waals surface area contributed by atoms with Gasteiger partial charge in [0.1, 0.15) is 11.6 Å². The summed E-state index contributed by atoms with van der Waals surface area (Å²) in [5.74, 6) is 2.91. The van der Waals surface area contributed by atoms with Crippen molar-refractivity contribution in [2.24, 2.45) is 0 Å². The Morgan fingerprint density at radius 1 is 1.27 bits per heavy atom. The number of rotatable bonds is 9. The average molecular weight is 316 g/mol. The first-order valence-electron chi connectivity index (χ1n) is 7.90. The Balaban J connectivity index is 2.29. The molecule has 0 unspecified atom stereocenters. The lowest BCUT2D eigenvalue weighted by atomic mass is 10.1. The van der Waals surface area contributed by atoms with Gasteiger partial charge >= 0.3 is 0 Å². The van der Waals surface area contributed by atoms with Gasteiger partial charge in [-0.15, -0.1) is 11.8 Å². The maximum absolute atomic E-state index is 5.97. The molecule has 2 rings (SSSR count). The van der Waals surface area contributed by atoms with Crippen LogP contribution in [0.2, 0.25) is 0 Å². The minimum Gasteiger partial charge on any atom is -0.493 e. The molecule has 118 valence electrons. The van der Waals surface area contributed by atoms with Crippen molar-refractivity contribution in [2.75, 3.05) is 12.4 Å². The molecule has 1 heterocycles. The number of para-hydroxylation sites is 1. The highest BCUT2D eigenvalue weighted by Crippen LogP contribution is 2.31. The number of ether oxygens (including phenoxy) is 1. The highest BCUT2D eigenvalue weighted by Gasteiger charge is 2.12. The fourth-order valence-corrected chi connectivity index (χ4v) is 2.82. The van der Waals surface area contributed by atoms with Crippen molar-refractivity contribution < 1.29 is 4.74 Å². The Kier molecular flexibility index (Phi) is 7.10. The van der Waals surface area contributed by atoms with Gasteiger partial charge in [-0.05, 0) is 30.1 Å². The molecule has 0 fully saturated rings. The van der Waals surface area contributed by atoms with E-state index in [1.807, 2.05) is 36.2 Å². The van der Waals surface area contributed by atoms with Gasteiger partial charge in [0.15, 0.2) is 0 Å². The van der Waals surface area contributed by atoms with E-state index < -0.39 is 0 Å². The van der Waals surface area contributed by atoms with E-state index in [1.165, 1.54) is 0 Å². The van der Waals surface area contributed by atoms with Gasteiger partial charge in [-0.3, -0.25) is 0 Å². The third-order valence-electron chi connectivity index (χ3n) is 3.21. The second-order valence-corrected chi connectivity index (χ2v) is 6.02. The van der Waals surface area contributed by atoms with Crippen molar-refractivity contribution in [2.45, 2.75) is 33.1 Å². The van der Waals surface area contributed by atoms with E-state index in [2.05, 4.69) is 35.3 Å². The summed E-state index contributed by atoms with van der Waals surface area (Å²) in [5, 5.41) is 2.18. The fourth-order valence-electron chi connectivity index (χ4n) is 2.06. The highest BCUT2D eigenvalue weighted by molar-refractivity contribution is 8.02. The molecule has 1 aromatic carbocycles. The number of nitrogens with one attached hydrogen (secondary N) is 1. The lowest BCUT2D eigenvalue weighted by molar-refractivity contribution is 0.308. The summed E-state index contributed by atoms with van der Waals surface area (Å²) >= 11 is 1.81. The largest absolute Gasteiger partial charge is 0.493 e. The zero-order chi connectivity index (χ0) is 15.6. The standard InChI is InChI=1S/C18H24N2OS/c1-3-5-12-21-17-9-7-6-8-15(17)16(14-22-13-4-2)18-19-10-11-20-18/h6-11,14H,3-5,12-13H2,1-2H3,(H,19,20)/b16-14-. The van der Waals surface area contributed by atoms with Crippen LogP contribution >= 0.6 is 11.8 Å². The Hall–Kier alpha value is -1.68. The van der Waals surface area contributed by atoms with Crippen molar-refractivity contribution in [3.63, 3.8) is 0 Å². The molecule has 0 bridgehead atoms. The van der Waals surface area contributed by atoms with Crippen LogP contribution in [0.15, 0.2) is 42.1 Å². The van der Waals surface area contributed by atoms with Gasteiger partial charge in [-0.1, -0.05) is 38.5 Å². The summed E-state index contributed by atoms with van der Waals surface area (Å²) in [6, 6.07) is 8.20. The number of hydrogen-bond acceptors (Lipinski definition) is 3. The third-order valence-corrected chi connectivity index (χ3v) is 4.26. The van der Waals surface area contributed by atoms with E-state index in [0.717, 1.165) is 54.3 Å². The summed E-state index contributed by atoms with van der Waals surface area (Å²) < 4.78 is 5.97. The average Bonchev–Trinajstić information content (AvgIpc) is 3.07. The molecule has 2 aromatic rings. The summed E-state index contributed by atoms with van der Waals surface area (Å²) in [6.07, 6.45) is 7.00. The van der Waals surface area contributed by atoms with Crippen LogP contribution in [0, 0.1) is 0 Å². The van der Waals surface area contributed by atoms with Crippen molar-refractivity contribution in [3.05, 3.63) is 53.5 Å². The maximum atomic E-state index is 5.97. The Labute approximate surface area is 137 Å². The Morgan fingerprint density at radius 3 is 2.86 bits per heavy atom. The van der Waals surface area contributed by atoms with Crippen LogP contribution < -0.4 is 4.74 Å². The van der Waals surface area contributed by atoms with Gasteiger partial charge < -0.3 is 9.72 Å². The van der Waals surface area contributed by atoms with Crippen LogP contribution in [0.3, 0.4) is 0 Å². The van der Waals surface area contributed by atoms with Crippen molar-refractivity contribution in [3.8, 4) is 5.75 Å². The van der Waals surface area contributed by atoms with Gasteiger partial charge in [0.05, 0.1) is 6.61 Å². The number of nitrogens with zero attached hydrogens (tertiary/aromatic N) is 1. The molecule has 0 atom stereocenters. The van der Waals surface area contributed by atoms with Crippen LogP contribution in [0.5, 0.6) is 5.75 Å². The molecule has 0 saturated carbocycles. The number of unbranched alkanes of at least 4 members (excludes halogenated alkanes) is 1. The zero-order valence-electron chi connectivity index (χ0n) is 13.3. The lowest BCUT2D eigenvalue weighted by Crippen LogP contribution is -2.00. The van der Waals surface area contributed by atoms with E-state index in [-0.39, 0.29) is 0 Å². The van der Waals surface area contributed by atoms with Gasteiger partial charge in [-0.25, -0.2) is 4.98 Å². The van der Waals surface area contributed by atoms with E-state index in [9.17, 15) is 0 Å². The molecule has 0 aliphatic rings. The molecular weight excluding hydrogens is 292 g/mol. The molecule has 3 nitrogen and oxygen atoms in total. The molecular formula is C18H24N2OS. The Bertz CT molecular complexity index is 579. The first-order valence-corrected chi connectivity index (χ1v) is 8.95. The molecule has 4 heteroatoms. The molecule has 0 aliphatic carbocycles. The quantitative estimate of drug-likeness (QED) is 0.652. The summed E-state index contributed by atoms with van der Waals surface area (Å²) in [7, 11) is 0. The van der Waals surface area contributed by atoms with E-state index in [4.69, 9.17) is 4.74 Å².